The first-order valence-corrected chi connectivity index (χ1v) is 8.91. The Hall–Kier alpha value is -3.42. The Labute approximate surface area is 161 Å². The number of amides is 1. The molecule has 0 aromatic heterocycles. The number of hydrogen-bond donors (Lipinski definition) is 1. The summed E-state index contributed by atoms with van der Waals surface area (Å²) in [4.78, 5) is 24.1. The molecular formula is C20H19NO7. The van der Waals surface area contributed by atoms with Crippen LogP contribution in [-0.4, -0.2) is 51.0 Å². The number of carbonyl (C=O) groups excluding carboxylic acids is 2. The number of hydrogen-bond acceptors (Lipinski definition) is 7. The number of fused-ring (bicyclic) bond motifs is 2. The van der Waals surface area contributed by atoms with Crippen LogP contribution in [-0.2, 0) is 9.53 Å². The maximum Gasteiger partial charge on any atom is 0.338 e. The van der Waals surface area contributed by atoms with E-state index in [0.717, 1.165) is 0 Å². The molecule has 8 nitrogen and oxygen atoms in total. The van der Waals surface area contributed by atoms with E-state index in [1.807, 2.05) is 18.2 Å². The van der Waals surface area contributed by atoms with Gasteiger partial charge in [0.1, 0.15) is 25.9 Å². The van der Waals surface area contributed by atoms with Crippen molar-refractivity contribution in [2.24, 2.45) is 0 Å². The van der Waals surface area contributed by atoms with Crippen molar-refractivity contribution in [2.45, 2.75) is 6.10 Å². The minimum atomic E-state index is -0.613. The zero-order valence-electron chi connectivity index (χ0n) is 15.0. The second-order valence-electron chi connectivity index (χ2n) is 6.24. The molecule has 0 saturated carbocycles. The van der Waals surface area contributed by atoms with Crippen molar-refractivity contribution in [3.63, 3.8) is 0 Å². The summed E-state index contributed by atoms with van der Waals surface area (Å²) in [6.07, 6.45) is -0.313. The molecule has 2 aliphatic rings. The van der Waals surface area contributed by atoms with Crippen molar-refractivity contribution in [1.29, 1.82) is 0 Å². The van der Waals surface area contributed by atoms with Gasteiger partial charge in [-0.15, -0.1) is 0 Å². The smallest absolute Gasteiger partial charge is 0.338 e. The van der Waals surface area contributed by atoms with Gasteiger partial charge in [-0.05, 0) is 30.3 Å². The molecule has 8 heteroatoms. The quantitative estimate of drug-likeness (QED) is 0.781. The highest BCUT2D eigenvalue weighted by atomic mass is 16.6. The maximum atomic E-state index is 12.1. The molecule has 2 aromatic rings. The molecule has 0 saturated heterocycles. The van der Waals surface area contributed by atoms with Gasteiger partial charge in [0.2, 0.25) is 0 Å². The largest absolute Gasteiger partial charge is 0.486 e. The summed E-state index contributed by atoms with van der Waals surface area (Å²) in [6.45, 7) is 1.07. The summed E-state index contributed by atoms with van der Waals surface area (Å²) in [5, 5.41) is 2.67. The number of nitrogens with one attached hydrogen (secondary N) is 1. The van der Waals surface area contributed by atoms with Gasteiger partial charge in [0.15, 0.2) is 29.6 Å². The van der Waals surface area contributed by atoms with Crippen molar-refractivity contribution in [2.75, 3.05) is 33.0 Å². The van der Waals surface area contributed by atoms with Gasteiger partial charge in [0.25, 0.3) is 5.91 Å². The Morgan fingerprint density at radius 2 is 1.71 bits per heavy atom. The number of rotatable bonds is 5. The van der Waals surface area contributed by atoms with E-state index in [0.29, 0.717) is 42.8 Å². The van der Waals surface area contributed by atoms with E-state index in [1.165, 1.54) is 0 Å². The van der Waals surface area contributed by atoms with Crippen molar-refractivity contribution in [1.82, 2.24) is 5.32 Å². The molecule has 2 heterocycles. The van der Waals surface area contributed by atoms with Crippen LogP contribution in [0.25, 0.3) is 0 Å². The van der Waals surface area contributed by atoms with E-state index < -0.39 is 18.5 Å². The molecule has 0 radical (unpaired) electrons. The second kappa shape index (κ2) is 8.08. The Kier molecular flexibility index (Phi) is 5.18. The first-order chi connectivity index (χ1) is 13.7. The summed E-state index contributed by atoms with van der Waals surface area (Å²) in [5.41, 5.74) is 0.290. The van der Waals surface area contributed by atoms with Crippen LogP contribution < -0.4 is 24.3 Å². The number of benzene rings is 2. The van der Waals surface area contributed by atoms with Crippen molar-refractivity contribution < 1.29 is 33.3 Å². The first-order valence-electron chi connectivity index (χ1n) is 8.91. The van der Waals surface area contributed by atoms with E-state index in [2.05, 4.69) is 5.32 Å². The standard InChI is InChI=1S/C20H19NO7/c22-19(21-10-14-11-26-15-3-1-2-4-17(15)28-14)12-27-20(23)13-5-6-16-18(9-13)25-8-7-24-16/h1-6,9,14H,7-8,10-12H2,(H,21,22). The number of para-hydroxylation sites is 2. The predicted molar refractivity (Wildman–Crippen MR) is 97.1 cm³/mol. The summed E-state index contributed by atoms with van der Waals surface area (Å²) in [5.74, 6) is 1.35. The maximum absolute atomic E-state index is 12.1. The Morgan fingerprint density at radius 1 is 0.964 bits per heavy atom. The van der Waals surface area contributed by atoms with Crippen LogP contribution in [0.4, 0.5) is 0 Å². The van der Waals surface area contributed by atoms with Crippen molar-refractivity contribution >= 4 is 11.9 Å². The third-order valence-corrected chi connectivity index (χ3v) is 4.21. The minimum Gasteiger partial charge on any atom is -0.486 e. The van der Waals surface area contributed by atoms with Crippen molar-refractivity contribution in [3.05, 3.63) is 48.0 Å². The third-order valence-electron chi connectivity index (χ3n) is 4.21. The fourth-order valence-corrected chi connectivity index (χ4v) is 2.83. The summed E-state index contributed by atoms with van der Waals surface area (Å²) >= 11 is 0. The van der Waals surface area contributed by atoms with Gasteiger partial charge in [-0.1, -0.05) is 12.1 Å². The normalized spacial score (nSPS) is 16.8. The Balaban J connectivity index is 1.23. The average molecular weight is 385 g/mol. The number of carbonyl (C=O) groups is 2. The van der Waals surface area contributed by atoms with Crippen LogP contribution in [0.3, 0.4) is 0 Å². The third kappa shape index (κ3) is 4.11. The van der Waals surface area contributed by atoms with Gasteiger partial charge in [0, 0.05) is 0 Å². The SMILES string of the molecule is O=C(COC(=O)c1ccc2c(c1)OCCO2)NCC1COc2ccccc2O1. The lowest BCUT2D eigenvalue weighted by molar-refractivity contribution is -0.124. The van der Waals surface area contributed by atoms with E-state index in [9.17, 15) is 9.59 Å². The fourth-order valence-electron chi connectivity index (χ4n) is 2.83. The number of ether oxygens (including phenoxy) is 5. The monoisotopic (exact) mass is 385 g/mol. The van der Waals surface area contributed by atoms with Crippen LogP contribution >= 0.6 is 0 Å². The highest BCUT2D eigenvalue weighted by molar-refractivity contribution is 5.92. The van der Waals surface area contributed by atoms with Gasteiger partial charge in [0.05, 0.1) is 12.1 Å². The van der Waals surface area contributed by atoms with Gasteiger partial charge >= 0.3 is 5.97 Å². The highest BCUT2D eigenvalue weighted by Gasteiger charge is 2.21. The molecule has 0 aliphatic carbocycles. The molecular weight excluding hydrogens is 366 g/mol. The average Bonchev–Trinajstić information content (AvgIpc) is 2.75. The summed E-state index contributed by atoms with van der Waals surface area (Å²) in [7, 11) is 0. The first kappa shape index (κ1) is 18.0. The fraction of sp³-hybridized carbons (Fsp3) is 0.300. The molecule has 1 atom stereocenters. The summed E-state index contributed by atoms with van der Waals surface area (Å²) < 4.78 is 27.2. The van der Waals surface area contributed by atoms with Gasteiger partial charge < -0.3 is 29.0 Å². The van der Waals surface area contributed by atoms with Gasteiger partial charge in [-0.2, -0.15) is 0 Å². The van der Waals surface area contributed by atoms with E-state index in [4.69, 9.17) is 23.7 Å². The molecule has 2 aromatic carbocycles. The Morgan fingerprint density at radius 3 is 2.57 bits per heavy atom. The van der Waals surface area contributed by atoms with E-state index >= 15 is 0 Å². The lowest BCUT2D eigenvalue weighted by atomic mass is 10.2. The molecule has 1 amide bonds. The van der Waals surface area contributed by atoms with Gasteiger partial charge in [-0.3, -0.25) is 4.79 Å². The number of esters is 1. The molecule has 4 rings (SSSR count). The van der Waals surface area contributed by atoms with Crippen LogP contribution in [0.5, 0.6) is 23.0 Å². The lowest BCUT2D eigenvalue weighted by Crippen LogP contribution is -2.42. The molecule has 0 spiro atoms. The van der Waals surface area contributed by atoms with Crippen LogP contribution in [0.2, 0.25) is 0 Å². The molecule has 28 heavy (non-hydrogen) atoms. The summed E-state index contributed by atoms with van der Waals surface area (Å²) in [6, 6.07) is 12.1. The second-order valence-corrected chi connectivity index (χ2v) is 6.24. The zero-order valence-corrected chi connectivity index (χ0v) is 15.0. The predicted octanol–water partition coefficient (Wildman–Crippen LogP) is 1.57. The molecule has 1 unspecified atom stereocenters. The molecule has 0 bridgehead atoms. The van der Waals surface area contributed by atoms with Crippen LogP contribution in [0, 0.1) is 0 Å². The molecule has 146 valence electrons. The van der Waals surface area contributed by atoms with Gasteiger partial charge in [-0.25, -0.2) is 4.79 Å². The van der Waals surface area contributed by atoms with Crippen molar-refractivity contribution in [3.8, 4) is 23.0 Å². The highest BCUT2D eigenvalue weighted by Crippen LogP contribution is 2.31. The topological polar surface area (TPSA) is 92.3 Å². The lowest BCUT2D eigenvalue weighted by Gasteiger charge is -2.26. The minimum absolute atomic E-state index is 0.245. The molecule has 2 aliphatic heterocycles. The van der Waals surface area contributed by atoms with Crippen LogP contribution in [0.15, 0.2) is 42.5 Å². The Bertz CT molecular complexity index is 883. The van der Waals surface area contributed by atoms with Crippen LogP contribution in [0.1, 0.15) is 10.4 Å². The zero-order chi connectivity index (χ0) is 19.3. The molecule has 0 fully saturated rings. The molecule has 1 N–H and O–H groups in total. The van der Waals surface area contributed by atoms with E-state index in [1.54, 1.807) is 24.3 Å². The van der Waals surface area contributed by atoms with E-state index in [-0.39, 0.29) is 18.2 Å².